The minimum Gasteiger partial charge on any atom is -0.330 e. The number of carbonyl (C=O) groups is 1. The maximum Gasteiger partial charge on any atom is 0.229 e. The fourth-order valence-electron chi connectivity index (χ4n) is 0.853. The molecule has 5 heteroatoms. The fraction of sp³-hybridized carbons (Fsp3) is 0.500. The zero-order chi connectivity index (χ0) is 9.84. The number of nitrogens with one attached hydrogen (secondary N) is 1. The van der Waals surface area contributed by atoms with Gasteiger partial charge < -0.3 is 11.1 Å². The molecule has 1 aromatic heterocycles. The lowest BCUT2D eigenvalue weighted by molar-refractivity contribution is -0.119. The molecule has 13 heavy (non-hydrogen) atoms. The van der Waals surface area contributed by atoms with Crippen molar-refractivity contribution in [3.63, 3.8) is 0 Å². The van der Waals surface area contributed by atoms with Gasteiger partial charge in [-0.15, -0.1) is 0 Å². The lowest BCUT2D eigenvalue weighted by Gasteiger charge is -2.09. The van der Waals surface area contributed by atoms with Gasteiger partial charge in [0.1, 0.15) is 5.82 Å². The molecular weight excluding hydrogens is 168 g/mol. The smallest absolute Gasteiger partial charge is 0.229 e. The molecule has 1 heterocycles. The maximum absolute atomic E-state index is 11.4. The minimum atomic E-state index is -0.171. The predicted octanol–water partition coefficient (Wildman–Crippen LogP) is -0.0466. The summed E-state index contributed by atoms with van der Waals surface area (Å²) >= 11 is 0. The summed E-state index contributed by atoms with van der Waals surface area (Å²) in [5.74, 6) is 0.436. The van der Waals surface area contributed by atoms with Crippen molar-refractivity contribution in [2.75, 3.05) is 11.9 Å². The van der Waals surface area contributed by atoms with Crippen molar-refractivity contribution in [2.24, 2.45) is 18.7 Å². The van der Waals surface area contributed by atoms with Crippen molar-refractivity contribution in [1.29, 1.82) is 0 Å². The Morgan fingerprint density at radius 3 is 3.00 bits per heavy atom. The van der Waals surface area contributed by atoms with E-state index in [1.807, 2.05) is 0 Å². The highest BCUT2D eigenvalue weighted by Crippen LogP contribution is 2.05. The van der Waals surface area contributed by atoms with E-state index in [-0.39, 0.29) is 11.8 Å². The Labute approximate surface area is 76.9 Å². The number of carbonyl (C=O) groups excluding carboxylic acids is 1. The molecule has 0 aromatic carbocycles. The molecule has 72 valence electrons. The molecule has 3 N–H and O–H groups in total. The van der Waals surface area contributed by atoms with Crippen LogP contribution in [0.1, 0.15) is 6.92 Å². The largest absolute Gasteiger partial charge is 0.330 e. The summed E-state index contributed by atoms with van der Waals surface area (Å²) in [5.41, 5.74) is 5.36. The second-order valence-corrected chi connectivity index (χ2v) is 2.97. The Morgan fingerprint density at radius 2 is 2.54 bits per heavy atom. The van der Waals surface area contributed by atoms with Crippen molar-refractivity contribution in [2.45, 2.75) is 6.92 Å². The van der Waals surface area contributed by atoms with Crippen LogP contribution in [-0.4, -0.2) is 22.2 Å². The molecule has 0 radical (unpaired) electrons. The van der Waals surface area contributed by atoms with E-state index in [9.17, 15) is 4.79 Å². The first-order valence-electron chi connectivity index (χ1n) is 4.14. The van der Waals surface area contributed by atoms with Crippen LogP contribution in [0.25, 0.3) is 0 Å². The van der Waals surface area contributed by atoms with Crippen molar-refractivity contribution in [1.82, 2.24) is 9.78 Å². The first kappa shape index (κ1) is 9.73. The molecule has 0 saturated heterocycles. The van der Waals surface area contributed by atoms with Crippen LogP contribution in [0.15, 0.2) is 12.3 Å². The van der Waals surface area contributed by atoms with Gasteiger partial charge in [0.2, 0.25) is 5.91 Å². The van der Waals surface area contributed by atoms with Crippen LogP contribution in [0.5, 0.6) is 0 Å². The van der Waals surface area contributed by atoms with E-state index < -0.39 is 0 Å². The summed E-state index contributed by atoms with van der Waals surface area (Å²) in [4.78, 5) is 11.4. The molecule has 1 atom stereocenters. The molecule has 0 aliphatic carbocycles. The molecule has 1 rings (SSSR count). The van der Waals surface area contributed by atoms with Gasteiger partial charge >= 0.3 is 0 Å². The number of anilines is 1. The number of rotatable bonds is 3. The second-order valence-electron chi connectivity index (χ2n) is 2.97. The van der Waals surface area contributed by atoms with Crippen LogP contribution < -0.4 is 11.1 Å². The van der Waals surface area contributed by atoms with Crippen LogP contribution in [0.2, 0.25) is 0 Å². The maximum atomic E-state index is 11.4. The quantitative estimate of drug-likeness (QED) is 0.688. The van der Waals surface area contributed by atoms with Crippen molar-refractivity contribution < 1.29 is 4.79 Å². The van der Waals surface area contributed by atoms with E-state index in [1.54, 1.807) is 30.9 Å². The number of hydrogen-bond donors (Lipinski definition) is 2. The number of amides is 1. The highest BCUT2D eigenvalue weighted by atomic mass is 16.2. The third kappa shape index (κ3) is 2.29. The molecule has 0 spiro atoms. The van der Waals surface area contributed by atoms with E-state index >= 15 is 0 Å². The predicted molar refractivity (Wildman–Crippen MR) is 50.1 cm³/mol. The second kappa shape index (κ2) is 4.04. The first-order valence-corrected chi connectivity index (χ1v) is 4.14. The Hall–Kier alpha value is -1.36. The van der Waals surface area contributed by atoms with E-state index in [2.05, 4.69) is 10.4 Å². The van der Waals surface area contributed by atoms with Gasteiger partial charge in [0.05, 0.1) is 6.20 Å². The molecule has 1 aromatic rings. The number of aryl methyl sites for hydroxylation is 1. The summed E-state index contributed by atoms with van der Waals surface area (Å²) in [6.07, 6.45) is 1.63. The Bertz CT molecular complexity index is 294. The van der Waals surface area contributed by atoms with E-state index in [1.165, 1.54) is 0 Å². The van der Waals surface area contributed by atoms with E-state index in [4.69, 9.17) is 5.73 Å². The Kier molecular flexibility index (Phi) is 3.02. The first-order chi connectivity index (χ1) is 6.15. The molecule has 0 aliphatic heterocycles. The summed E-state index contributed by atoms with van der Waals surface area (Å²) < 4.78 is 1.60. The number of nitrogens with two attached hydrogens (primary N) is 1. The fourth-order valence-corrected chi connectivity index (χ4v) is 0.853. The zero-order valence-electron chi connectivity index (χ0n) is 7.82. The Morgan fingerprint density at radius 1 is 1.85 bits per heavy atom. The number of nitrogens with zero attached hydrogens (tertiary/aromatic N) is 2. The minimum absolute atomic E-state index is 0.0777. The van der Waals surface area contributed by atoms with E-state index in [0.717, 1.165) is 0 Å². The molecule has 1 unspecified atom stereocenters. The molecular formula is C8H14N4O. The lowest BCUT2D eigenvalue weighted by Crippen LogP contribution is -2.27. The summed E-state index contributed by atoms with van der Waals surface area (Å²) in [6, 6.07) is 1.74. The number of hydrogen-bond acceptors (Lipinski definition) is 3. The van der Waals surface area contributed by atoms with Crippen LogP contribution in [0, 0.1) is 5.92 Å². The molecule has 1 amide bonds. The third-order valence-corrected chi connectivity index (χ3v) is 1.87. The third-order valence-electron chi connectivity index (χ3n) is 1.87. The standard InChI is InChI=1S/C8H14N4O/c1-6(5-9)8(13)11-7-3-4-10-12(7)2/h3-4,6H,5,9H2,1-2H3,(H,11,13). The summed E-state index contributed by atoms with van der Waals surface area (Å²) in [5, 5.41) is 6.65. The van der Waals surface area contributed by atoms with Gasteiger partial charge in [0.15, 0.2) is 0 Å². The van der Waals surface area contributed by atoms with Gasteiger partial charge in [0.25, 0.3) is 0 Å². The van der Waals surface area contributed by atoms with Crippen LogP contribution >= 0.6 is 0 Å². The van der Waals surface area contributed by atoms with Crippen LogP contribution in [-0.2, 0) is 11.8 Å². The molecule has 0 fully saturated rings. The van der Waals surface area contributed by atoms with Gasteiger partial charge in [-0.05, 0) is 0 Å². The summed E-state index contributed by atoms with van der Waals surface area (Å²) in [7, 11) is 1.77. The molecule has 5 nitrogen and oxygen atoms in total. The zero-order valence-corrected chi connectivity index (χ0v) is 7.82. The van der Waals surface area contributed by atoms with Crippen molar-refractivity contribution in [3.8, 4) is 0 Å². The van der Waals surface area contributed by atoms with Gasteiger partial charge in [-0.3, -0.25) is 9.48 Å². The average Bonchev–Trinajstić information content (AvgIpc) is 2.50. The highest BCUT2D eigenvalue weighted by Gasteiger charge is 2.11. The topological polar surface area (TPSA) is 72.9 Å². The van der Waals surface area contributed by atoms with Crippen LogP contribution in [0.3, 0.4) is 0 Å². The highest BCUT2D eigenvalue weighted by molar-refractivity contribution is 5.91. The SMILES string of the molecule is CC(CN)C(=O)Nc1ccnn1C. The number of aromatic nitrogens is 2. The van der Waals surface area contributed by atoms with E-state index in [0.29, 0.717) is 12.4 Å². The van der Waals surface area contributed by atoms with Crippen LogP contribution in [0.4, 0.5) is 5.82 Å². The van der Waals surface area contributed by atoms with Gasteiger partial charge in [-0.25, -0.2) is 0 Å². The van der Waals surface area contributed by atoms with Crippen molar-refractivity contribution >= 4 is 11.7 Å². The molecule has 0 bridgehead atoms. The van der Waals surface area contributed by atoms with Crippen molar-refractivity contribution in [3.05, 3.63) is 12.3 Å². The average molecular weight is 182 g/mol. The normalized spacial score (nSPS) is 12.5. The monoisotopic (exact) mass is 182 g/mol. The Balaban J connectivity index is 2.60. The summed E-state index contributed by atoms with van der Waals surface area (Å²) in [6.45, 7) is 2.13. The van der Waals surface area contributed by atoms with Gasteiger partial charge in [-0.1, -0.05) is 6.92 Å². The van der Waals surface area contributed by atoms with Gasteiger partial charge in [-0.2, -0.15) is 5.10 Å². The lowest BCUT2D eigenvalue weighted by atomic mass is 10.2. The van der Waals surface area contributed by atoms with Gasteiger partial charge in [0, 0.05) is 25.6 Å². The molecule has 0 aliphatic rings. The molecule has 0 saturated carbocycles.